The number of nitrogens with zero attached hydrogens (tertiary/aromatic N) is 3. The van der Waals surface area contributed by atoms with Crippen molar-refractivity contribution in [2.24, 2.45) is 0 Å². The molecule has 7 aromatic rings. The van der Waals surface area contributed by atoms with Gasteiger partial charge in [-0.25, -0.2) is 0 Å². The van der Waals surface area contributed by atoms with Crippen LogP contribution in [-0.4, -0.2) is 6.71 Å². The summed E-state index contributed by atoms with van der Waals surface area (Å²) in [6.45, 7) is 39.9. The fraction of sp³-hybridized carbons (Fsp3) is 0.432. The van der Waals surface area contributed by atoms with Gasteiger partial charge >= 0.3 is 0 Å². The van der Waals surface area contributed by atoms with E-state index in [0.717, 1.165) is 42.7 Å². The first-order valence-electron chi connectivity index (χ1n) is 30.0. The summed E-state index contributed by atoms with van der Waals surface area (Å²) in [4.78, 5) is 8.03. The molecule has 0 aromatic heterocycles. The number of hydrogen-bond donors (Lipinski definition) is 0. The molecule has 4 aliphatic carbocycles. The van der Waals surface area contributed by atoms with Gasteiger partial charge in [0.1, 0.15) is 0 Å². The molecule has 3 nitrogen and oxygen atoms in total. The predicted octanol–water partition coefficient (Wildman–Crippen LogP) is 18.6. The Bertz CT molecular complexity index is 3370. The van der Waals surface area contributed by atoms with Crippen molar-refractivity contribution >= 4 is 74.3 Å². The quantitative estimate of drug-likeness (QED) is 0.159. The minimum absolute atomic E-state index is 0.0123. The molecule has 0 unspecified atom stereocenters. The second-order valence-electron chi connectivity index (χ2n) is 30.5. The van der Waals surface area contributed by atoms with E-state index in [0.29, 0.717) is 0 Å². The molecule has 0 atom stereocenters. The number of para-hydroxylation sites is 2. The van der Waals surface area contributed by atoms with Crippen molar-refractivity contribution in [3.05, 3.63) is 178 Å². The third-order valence-corrected chi connectivity index (χ3v) is 21.5. The van der Waals surface area contributed by atoms with Crippen molar-refractivity contribution in [3.8, 4) is 0 Å². The van der Waals surface area contributed by atoms with Gasteiger partial charge in [-0.1, -0.05) is 171 Å². The van der Waals surface area contributed by atoms with Gasteiger partial charge in [0.05, 0.1) is 5.69 Å². The van der Waals surface area contributed by atoms with E-state index >= 15 is 0 Å². The molecular formula is C74H86BN3. The number of benzene rings is 7. The van der Waals surface area contributed by atoms with E-state index in [2.05, 4.69) is 259 Å². The van der Waals surface area contributed by atoms with Gasteiger partial charge in [0, 0.05) is 45.5 Å². The molecule has 2 heterocycles. The molecule has 0 saturated carbocycles. The molecule has 7 aromatic carbocycles. The summed E-state index contributed by atoms with van der Waals surface area (Å²) < 4.78 is 0. The first-order valence-corrected chi connectivity index (χ1v) is 30.0. The maximum Gasteiger partial charge on any atom is 0.252 e. The SMILES string of the molecule is CC1(C)CCC(C)(C)c2cc(N3c4cc5c(cc4B4c6cc7c(cc6N(c6ccc8c(c6)C(C)(C)CCC8(C)C)c6cc(N(c8ccccc8)c8ccccc8)cc3c64)C(C)(C)CCC7(C)C)C(C)(C)CCC5(C)C)ccc21. The molecule has 2 aliphatic heterocycles. The summed E-state index contributed by atoms with van der Waals surface area (Å²) >= 11 is 0. The average Bonchev–Trinajstić information content (AvgIpc) is 2.28. The van der Waals surface area contributed by atoms with Crippen LogP contribution in [-0.2, 0) is 43.3 Å². The van der Waals surface area contributed by atoms with E-state index < -0.39 is 0 Å². The Morgan fingerprint density at radius 2 is 0.590 bits per heavy atom. The highest BCUT2D eigenvalue weighted by Gasteiger charge is 2.50. The Hall–Kier alpha value is -6.00. The first-order chi connectivity index (χ1) is 36.6. The van der Waals surface area contributed by atoms with Crippen LogP contribution in [0.15, 0.2) is 133 Å². The number of hydrogen-bond acceptors (Lipinski definition) is 3. The number of fused-ring (bicyclic) bond motifs is 8. The molecule has 0 saturated heterocycles. The standard InChI is InChI=1S/C74H86BN3/c1-67(2)31-33-69(5,6)54-39-49(27-29-52(54)67)77-62-45-58-56(71(9,10)35-37-73(58,13)14)43-60(62)75-61-44-57-59(74(15,16)38-36-72(57,11)12)46-63(61)78(50-28-30-53-55(40-50)70(7,8)34-32-68(53,3)4)65-42-51(41-64(77)66(65)75)76(47-23-19-17-20-24-47)48-25-21-18-22-26-48/h17-30,39-46H,31-38H2,1-16H3. The maximum absolute atomic E-state index is 2.76. The van der Waals surface area contributed by atoms with Crippen LogP contribution in [0.2, 0.25) is 0 Å². The average molecular weight is 1030 g/mol. The zero-order valence-corrected chi connectivity index (χ0v) is 50.3. The lowest BCUT2D eigenvalue weighted by atomic mass is 9.32. The molecular weight excluding hydrogens is 942 g/mol. The monoisotopic (exact) mass is 1030 g/mol. The van der Waals surface area contributed by atoms with Crippen LogP contribution in [0, 0.1) is 0 Å². The summed E-state index contributed by atoms with van der Waals surface area (Å²) in [6.07, 6.45) is 9.36. The molecule has 0 N–H and O–H groups in total. The van der Waals surface area contributed by atoms with Crippen LogP contribution in [0.5, 0.6) is 0 Å². The van der Waals surface area contributed by atoms with Gasteiger partial charge in [-0.2, -0.15) is 0 Å². The van der Waals surface area contributed by atoms with Crippen molar-refractivity contribution in [2.75, 3.05) is 14.7 Å². The molecule has 6 aliphatic rings. The lowest BCUT2D eigenvalue weighted by Gasteiger charge is -2.49. The van der Waals surface area contributed by atoms with Crippen molar-refractivity contribution in [1.82, 2.24) is 0 Å². The van der Waals surface area contributed by atoms with Gasteiger partial charge < -0.3 is 14.7 Å². The van der Waals surface area contributed by atoms with Crippen LogP contribution in [0.25, 0.3) is 0 Å². The van der Waals surface area contributed by atoms with E-state index in [1.165, 1.54) is 121 Å². The highest BCUT2D eigenvalue weighted by molar-refractivity contribution is 7.00. The van der Waals surface area contributed by atoms with Crippen LogP contribution < -0.4 is 31.1 Å². The molecule has 13 rings (SSSR count). The molecule has 4 heteroatoms. The topological polar surface area (TPSA) is 9.72 Å². The molecule has 400 valence electrons. The highest BCUT2D eigenvalue weighted by Crippen LogP contribution is 2.56. The van der Waals surface area contributed by atoms with Crippen LogP contribution in [0.4, 0.5) is 51.2 Å². The van der Waals surface area contributed by atoms with Gasteiger partial charge in [0.15, 0.2) is 0 Å². The lowest BCUT2D eigenvalue weighted by molar-refractivity contribution is 0.332. The molecule has 0 spiro atoms. The second kappa shape index (κ2) is 16.8. The summed E-state index contributed by atoms with van der Waals surface area (Å²) in [5.41, 5.74) is 27.8. The largest absolute Gasteiger partial charge is 0.311 e. The van der Waals surface area contributed by atoms with Gasteiger partial charge in [-0.05, 0) is 228 Å². The van der Waals surface area contributed by atoms with Gasteiger partial charge in [-0.15, -0.1) is 0 Å². The van der Waals surface area contributed by atoms with E-state index in [1.54, 1.807) is 0 Å². The maximum atomic E-state index is 2.76. The minimum atomic E-state index is -0.0123. The van der Waals surface area contributed by atoms with Crippen molar-refractivity contribution < 1.29 is 0 Å². The van der Waals surface area contributed by atoms with Crippen LogP contribution >= 0.6 is 0 Å². The zero-order chi connectivity index (χ0) is 55.1. The Morgan fingerprint density at radius 3 is 0.923 bits per heavy atom. The molecule has 0 amide bonds. The molecule has 0 fully saturated rings. The van der Waals surface area contributed by atoms with Crippen LogP contribution in [0.3, 0.4) is 0 Å². The normalized spacial score (nSPS) is 21.4. The second-order valence-corrected chi connectivity index (χ2v) is 30.5. The lowest BCUT2D eigenvalue weighted by Crippen LogP contribution is -2.62. The highest BCUT2D eigenvalue weighted by atomic mass is 15.2. The fourth-order valence-corrected chi connectivity index (χ4v) is 15.8. The molecule has 0 radical (unpaired) electrons. The molecule has 78 heavy (non-hydrogen) atoms. The van der Waals surface area contributed by atoms with Crippen molar-refractivity contribution in [3.63, 3.8) is 0 Å². The van der Waals surface area contributed by atoms with Crippen molar-refractivity contribution in [2.45, 2.75) is 205 Å². The first kappa shape index (κ1) is 51.4. The minimum Gasteiger partial charge on any atom is -0.311 e. The Labute approximate surface area is 470 Å². The third kappa shape index (κ3) is 7.70. The Balaban J connectivity index is 1.21. The summed E-state index contributed by atoms with van der Waals surface area (Å²) in [5, 5.41) is 0. The third-order valence-electron chi connectivity index (χ3n) is 21.5. The Kier molecular flexibility index (Phi) is 11.1. The predicted molar refractivity (Wildman–Crippen MR) is 336 cm³/mol. The van der Waals surface area contributed by atoms with E-state index in [4.69, 9.17) is 0 Å². The summed E-state index contributed by atoms with van der Waals surface area (Å²) in [7, 11) is 0. The van der Waals surface area contributed by atoms with Gasteiger partial charge in [-0.3, -0.25) is 0 Å². The van der Waals surface area contributed by atoms with Gasteiger partial charge in [0.2, 0.25) is 0 Å². The van der Waals surface area contributed by atoms with Crippen molar-refractivity contribution in [1.29, 1.82) is 0 Å². The van der Waals surface area contributed by atoms with E-state index in [-0.39, 0.29) is 50.0 Å². The van der Waals surface area contributed by atoms with Crippen LogP contribution in [0.1, 0.15) is 207 Å². The summed E-state index contributed by atoms with van der Waals surface area (Å²) in [6, 6.07) is 53.6. The van der Waals surface area contributed by atoms with E-state index in [1.807, 2.05) is 0 Å². The molecule has 0 bridgehead atoms. The fourth-order valence-electron chi connectivity index (χ4n) is 15.8. The number of rotatable bonds is 5. The zero-order valence-electron chi connectivity index (χ0n) is 50.3. The van der Waals surface area contributed by atoms with E-state index in [9.17, 15) is 0 Å². The smallest absolute Gasteiger partial charge is 0.252 e. The summed E-state index contributed by atoms with van der Waals surface area (Å²) in [5.74, 6) is 0. The Morgan fingerprint density at radius 1 is 0.295 bits per heavy atom. The van der Waals surface area contributed by atoms with Gasteiger partial charge in [0.25, 0.3) is 6.71 Å². The number of anilines is 9.